The van der Waals surface area contributed by atoms with Crippen molar-refractivity contribution >= 4 is 5.82 Å². The summed E-state index contributed by atoms with van der Waals surface area (Å²) in [5.74, 6) is -0.0782. The van der Waals surface area contributed by atoms with Crippen LogP contribution in [0.2, 0.25) is 0 Å². The maximum absolute atomic E-state index is 12.8. The lowest BCUT2D eigenvalue weighted by Gasteiger charge is -2.25. The molecule has 2 aromatic rings. The maximum atomic E-state index is 12.8. The molecule has 88 valence electrons. The first-order valence-electron chi connectivity index (χ1n) is 5.21. The van der Waals surface area contributed by atoms with E-state index in [1.54, 1.807) is 25.3 Å². The maximum Gasteiger partial charge on any atom is 0.129 e. The van der Waals surface area contributed by atoms with Gasteiger partial charge in [0.15, 0.2) is 0 Å². The van der Waals surface area contributed by atoms with Crippen LogP contribution in [0.15, 0.2) is 42.6 Å². The minimum Gasteiger partial charge on any atom is -0.383 e. The van der Waals surface area contributed by atoms with E-state index in [0.29, 0.717) is 11.1 Å². The van der Waals surface area contributed by atoms with Crippen LogP contribution in [0.25, 0.3) is 0 Å². The second-order valence-corrected chi connectivity index (χ2v) is 4.02. The highest BCUT2D eigenvalue weighted by molar-refractivity contribution is 5.47. The zero-order chi connectivity index (χ0) is 12.5. The smallest absolute Gasteiger partial charge is 0.129 e. The van der Waals surface area contributed by atoms with Crippen LogP contribution in [0, 0.1) is 5.82 Å². The molecule has 0 spiro atoms. The molecule has 2 rings (SSSR count). The molecule has 0 amide bonds. The highest BCUT2D eigenvalue weighted by atomic mass is 19.1. The minimum atomic E-state index is -1.29. The Balaban J connectivity index is 2.49. The summed E-state index contributed by atoms with van der Waals surface area (Å²) < 4.78 is 12.8. The van der Waals surface area contributed by atoms with E-state index in [-0.39, 0.29) is 11.6 Å². The van der Waals surface area contributed by atoms with Crippen molar-refractivity contribution in [3.05, 3.63) is 59.5 Å². The summed E-state index contributed by atoms with van der Waals surface area (Å²) >= 11 is 0. The van der Waals surface area contributed by atoms with Crippen LogP contribution < -0.4 is 5.73 Å². The Bertz CT molecular complexity index is 523. The lowest BCUT2D eigenvalue weighted by atomic mass is 9.88. The summed E-state index contributed by atoms with van der Waals surface area (Å²) in [6.07, 6.45) is 1.56. The molecule has 1 atom stereocenters. The molecule has 0 aliphatic rings. The number of benzene rings is 1. The van der Waals surface area contributed by atoms with Crippen LogP contribution in [-0.4, -0.2) is 10.1 Å². The molecule has 0 bridgehead atoms. The average Bonchev–Trinajstić information content (AvgIpc) is 2.30. The predicted molar refractivity (Wildman–Crippen MR) is 63.7 cm³/mol. The molecular formula is C13H13FN2O. The van der Waals surface area contributed by atoms with E-state index in [2.05, 4.69) is 4.98 Å². The van der Waals surface area contributed by atoms with Crippen LogP contribution in [0.1, 0.15) is 18.1 Å². The fourth-order valence-electron chi connectivity index (χ4n) is 1.76. The van der Waals surface area contributed by atoms with Gasteiger partial charge < -0.3 is 10.8 Å². The fourth-order valence-corrected chi connectivity index (χ4v) is 1.76. The number of aliphatic hydroxyl groups is 1. The summed E-state index contributed by atoms with van der Waals surface area (Å²) in [5, 5.41) is 10.5. The molecule has 1 aromatic carbocycles. The first kappa shape index (κ1) is 11.5. The second-order valence-electron chi connectivity index (χ2n) is 4.02. The molecule has 0 aliphatic heterocycles. The van der Waals surface area contributed by atoms with Gasteiger partial charge in [0.2, 0.25) is 0 Å². The summed E-state index contributed by atoms with van der Waals surface area (Å²) in [6, 6.07) is 9.06. The van der Waals surface area contributed by atoms with E-state index in [0.717, 1.165) is 0 Å². The van der Waals surface area contributed by atoms with Gasteiger partial charge in [0.25, 0.3) is 0 Å². The summed E-state index contributed by atoms with van der Waals surface area (Å²) in [5.41, 5.74) is 5.52. The van der Waals surface area contributed by atoms with Crippen molar-refractivity contribution in [1.29, 1.82) is 0 Å². The van der Waals surface area contributed by atoms with Crippen LogP contribution in [0.5, 0.6) is 0 Å². The Labute approximate surface area is 98.7 Å². The van der Waals surface area contributed by atoms with Crippen molar-refractivity contribution in [2.45, 2.75) is 12.5 Å². The highest BCUT2D eigenvalue weighted by Gasteiger charge is 2.28. The van der Waals surface area contributed by atoms with Crippen LogP contribution >= 0.6 is 0 Å². The van der Waals surface area contributed by atoms with Crippen molar-refractivity contribution in [1.82, 2.24) is 4.98 Å². The quantitative estimate of drug-likeness (QED) is 0.833. The topological polar surface area (TPSA) is 59.1 Å². The summed E-state index contributed by atoms with van der Waals surface area (Å²) in [7, 11) is 0. The van der Waals surface area contributed by atoms with E-state index in [4.69, 9.17) is 5.73 Å². The first-order chi connectivity index (χ1) is 8.01. The zero-order valence-corrected chi connectivity index (χ0v) is 9.39. The third-order valence-corrected chi connectivity index (χ3v) is 2.77. The van der Waals surface area contributed by atoms with Gasteiger partial charge in [0.1, 0.15) is 17.2 Å². The van der Waals surface area contributed by atoms with Gasteiger partial charge in [0, 0.05) is 11.8 Å². The molecule has 1 heterocycles. The number of halogens is 1. The van der Waals surface area contributed by atoms with Gasteiger partial charge >= 0.3 is 0 Å². The van der Waals surface area contributed by atoms with E-state index >= 15 is 0 Å². The highest BCUT2D eigenvalue weighted by Crippen LogP contribution is 2.31. The number of hydrogen-bond acceptors (Lipinski definition) is 3. The van der Waals surface area contributed by atoms with Crippen molar-refractivity contribution < 1.29 is 9.50 Å². The standard InChI is InChI=1S/C13H13FN2O/c1-13(17,9-4-6-10(14)7-5-9)11-3-2-8-16-12(11)15/h2-8,17H,1H3,(H2,15,16). The monoisotopic (exact) mass is 232 g/mol. The van der Waals surface area contributed by atoms with Crippen molar-refractivity contribution in [3.63, 3.8) is 0 Å². The molecule has 0 aliphatic carbocycles. The molecule has 3 N–H and O–H groups in total. The average molecular weight is 232 g/mol. The number of hydrogen-bond donors (Lipinski definition) is 2. The molecule has 0 radical (unpaired) electrons. The number of anilines is 1. The lowest BCUT2D eigenvalue weighted by Crippen LogP contribution is -2.24. The number of aromatic nitrogens is 1. The van der Waals surface area contributed by atoms with Gasteiger partial charge in [0.05, 0.1) is 0 Å². The van der Waals surface area contributed by atoms with E-state index in [9.17, 15) is 9.50 Å². The van der Waals surface area contributed by atoms with E-state index in [1.165, 1.54) is 24.3 Å². The Kier molecular flexibility index (Phi) is 2.81. The van der Waals surface area contributed by atoms with Crippen molar-refractivity contribution in [2.24, 2.45) is 0 Å². The Morgan fingerprint density at radius 3 is 2.47 bits per heavy atom. The number of rotatable bonds is 2. The number of pyridine rings is 1. The molecule has 3 nitrogen and oxygen atoms in total. The normalized spacial score (nSPS) is 14.3. The molecule has 1 unspecified atom stereocenters. The first-order valence-corrected chi connectivity index (χ1v) is 5.21. The van der Waals surface area contributed by atoms with Gasteiger partial charge in [-0.3, -0.25) is 0 Å². The van der Waals surface area contributed by atoms with Crippen LogP contribution in [0.4, 0.5) is 10.2 Å². The molecular weight excluding hydrogens is 219 g/mol. The molecule has 0 fully saturated rings. The Morgan fingerprint density at radius 1 is 1.24 bits per heavy atom. The van der Waals surface area contributed by atoms with Gasteiger partial charge in [-0.2, -0.15) is 0 Å². The molecule has 1 aromatic heterocycles. The van der Waals surface area contributed by atoms with Crippen molar-refractivity contribution in [2.75, 3.05) is 5.73 Å². The lowest BCUT2D eigenvalue weighted by molar-refractivity contribution is 0.103. The Morgan fingerprint density at radius 2 is 1.88 bits per heavy atom. The largest absolute Gasteiger partial charge is 0.383 e. The van der Waals surface area contributed by atoms with Crippen molar-refractivity contribution in [3.8, 4) is 0 Å². The molecule has 4 heteroatoms. The summed E-state index contributed by atoms with van der Waals surface area (Å²) in [6.45, 7) is 1.60. The van der Waals surface area contributed by atoms with Gasteiger partial charge in [-0.1, -0.05) is 18.2 Å². The van der Waals surface area contributed by atoms with Crippen LogP contribution in [-0.2, 0) is 5.60 Å². The van der Waals surface area contributed by atoms with E-state index < -0.39 is 5.60 Å². The predicted octanol–water partition coefficient (Wildman–Crippen LogP) is 2.06. The van der Waals surface area contributed by atoms with Gasteiger partial charge in [-0.05, 0) is 30.7 Å². The second kappa shape index (κ2) is 4.14. The summed E-state index contributed by atoms with van der Waals surface area (Å²) in [4.78, 5) is 3.93. The fraction of sp³-hybridized carbons (Fsp3) is 0.154. The SMILES string of the molecule is CC(O)(c1ccc(F)cc1)c1cccnc1N. The molecule has 0 saturated heterocycles. The van der Waals surface area contributed by atoms with Gasteiger partial charge in [-0.25, -0.2) is 9.37 Å². The third-order valence-electron chi connectivity index (χ3n) is 2.77. The molecule has 0 saturated carbocycles. The van der Waals surface area contributed by atoms with Crippen LogP contribution in [0.3, 0.4) is 0 Å². The third kappa shape index (κ3) is 2.12. The van der Waals surface area contributed by atoms with E-state index in [1.807, 2.05) is 0 Å². The number of nitrogens with two attached hydrogens (primary N) is 1. The zero-order valence-electron chi connectivity index (χ0n) is 9.39. The number of nitrogen functional groups attached to an aromatic ring is 1. The van der Waals surface area contributed by atoms with Gasteiger partial charge in [-0.15, -0.1) is 0 Å². The number of nitrogens with zero attached hydrogens (tertiary/aromatic N) is 1. The molecule has 17 heavy (non-hydrogen) atoms. The Hall–Kier alpha value is -1.94. The minimum absolute atomic E-state index is 0.266.